The van der Waals surface area contributed by atoms with Crippen molar-refractivity contribution in [2.45, 2.75) is 13.3 Å². The molecule has 0 aromatic heterocycles. The van der Waals surface area contributed by atoms with Gasteiger partial charge in [0.15, 0.2) is 0 Å². The molecule has 1 N–H and O–H groups in total. The van der Waals surface area contributed by atoms with Crippen LogP contribution in [0.3, 0.4) is 0 Å². The highest BCUT2D eigenvalue weighted by atomic mass is 79.9. The highest BCUT2D eigenvalue weighted by molar-refractivity contribution is 9.09. The van der Waals surface area contributed by atoms with Crippen LogP contribution in [0.4, 0.5) is 0 Å². The lowest BCUT2D eigenvalue weighted by Crippen LogP contribution is -2.14. The molecule has 0 fully saturated rings. The Morgan fingerprint density at radius 3 is 2.79 bits per heavy atom. The van der Waals surface area contributed by atoms with Gasteiger partial charge in [0, 0.05) is 0 Å². The largest absolute Gasteiger partial charge is 0.496 e. The van der Waals surface area contributed by atoms with Crippen molar-refractivity contribution in [3.05, 3.63) is 29.3 Å². The first-order valence-corrected chi connectivity index (χ1v) is 5.80. The summed E-state index contributed by atoms with van der Waals surface area (Å²) in [7, 11) is 1.70. The molecule has 0 saturated heterocycles. The summed E-state index contributed by atoms with van der Waals surface area (Å²) in [5.41, 5.74) is 3.39. The zero-order valence-corrected chi connectivity index (χ0v) is 10.2. The molecule has 78 valence electrons. The van der Waals surface area contributed by atoms with E-state index in [4.69, 9.17) is 4.74 Å². The highest BCUT2D eigenvalue weighted by Crippen LogP contribution is 2.18. The van der Waals surface area contributed by atoms with Gasteiger partial charge in [0.2, 0.25) is 0 Å². The van der Waals surface area contributed by atoms with Crippen LogP contribution in [0.2, 0.25) is 0 Å². The van der Waals surface area contributed by atoms with Gasteiger partial charge in [-0.1, -0.05) is 28.1 Å². The summed E-state index contributed by atoms with van der Waals surface area (Å²) in [6.45, 7) is 3.07. The molecule has 1 aromatic carbocycles. The Labute approximate surface area is 93.8 Å². The molecule has 0 spiro atoms. The quantitative estimate of drug-likeness (QED) is 0.497. The summed E-state index contributed by atoms with van der Waals surface area (Å²) in [5, 5.41) is 3.23. The van der Waals surface area contributed by atoms with E-state index in [1.807, 2.05) is 6.07 Å². The Morgan fingerprint density at radius 2 is 2.21 bits per heavy atom. The first-order chi connectivity index (χ1) is 6.77. The van der Waals surface area contributed by atoms with Crippen molar-refractivity contribution in [3.8, 4) is 5.75 Å². The fourth-order valence-corrected chi connectivity index (χ4v) is 1.68. The molecule has 14 heavy (non-hydrogen) atoms. The Balaban J connectivity index is 2.57. The third kappa shape index (κ3) is 3.31. The molecule has 0 saturated carbocycles. The summed E-state index contributed by atoms with van der Waals surface area (Å²) in [6.07, 6.45) is 1.05. The van der Waals surface area contributed by atoms with Crippen LogP contribution in [0.15, 0.2) is 18.2 Å². The number of alkyl halides is 1. The first kappa shape index (κ1) is 11.5. The van der Waals surface area contributed by atoms with Crippen molar-refractivity contribution in [2.24, 2.45) is 0 Å². The van der Waals surface area contributed by atoms with E-state index in [1.165, 1.54) is 11.1 Å². The van der Waals surface area contributed by atoms with Crippen LogP contribution in [0.25, 0.3) is 0 Å². The van der Waals surface area contributed by atoms with E-state index in [1.54, 1.807) is 7.11 Å². The second kappa shape index (κ2) is 6.04. The molecule has 0 aliphatic carbocycles. The third-order valence-corrected chi connectivity index (χ3v) is 2.54. The van der Waals surface area contributed by atoms with Crippen LogP contribution in [-0.4, -0.2) is 19.1 Å². The molecule has 0 atom stereocenters. The fourth-order valence-electron chi connectivity index (χ4n) is 1.40. The Hall–Kier alpha value is -0.540. The van der Waals surface area contributed by atoms with Gasteiger partial charge < -0.3 is 10.1 Å². The summed E-state index contributed by atoms with van der Waals surface area (Å²) in [4.78, 5) is 0. The molecule has 0 radical (unpaired) electrons. The van der Waals surface area contributed by atoms with Crippen molar-refractivity contribution in [1.82, 2.24) is 5.32 Å². The number of hydrogen-bond donors (Lipinski definition) is 1. The van der Waals surface area contributed by atoms with Gasteiger partial charge in [-0.15, -0.1) is 0 Å². The van der Waals surface area contributed by atoms with E-state index >= 15 is 0 Å². The molecule has 0 unspecified atom stereocenters. The molecule has 0 heterocycles. The van der Waals surface area contributed by atoms with Crippen molar-refractivity contribution >= 4 is 15.9 Å². The van der Waals surface area contributed by atoms with Crippen molar-refractivity contribution in [2.75, 3.05) is 19.1 Å². The SMILES string of the molecule is COc1ccc(CCNCBr)cc1C. The van der Waals surface area contributed by atoms with Crippen LogP contribution in [0, 0.1) is 6.92 Å². The predicted octanol–water partition coefficient (Wildman–Crippen LogP) is 2.49. The Morgan fingerprint density at radius 1 is 1.43 bits per heavy atom. The Bertz CT molecular complexity index is 289. The van der Waals surface area contributed by atoms with E-state index in [-0.39, 0.29) is 0 Å². The number of benzene rings is 1. The first-order valence-electron chi connectivity index (χ1n) is 4.68. The van der Waals surface area contributed by atoms with Crippen LogP contribution >= 0.6 is 15.9 Å². The topological polar surface area (TPSA) is 21.3 Å². The molecular formula is C11H16BrNO. The number of halogens is 1. The molecule has 2 nitrogen and oxygen atoms in total. The number of aryl methyl sites for hydroxylation is 1. The monoisotopic (exact) mass is 257 g/mol. The molecule has 0 bridgehead atoms. The van der Waals surface area contributed by atoms with Gasteiger partial charge in [0.05, 0.1) is 12.6 Å². The molecule has 0 amide bonds. The zero-order chi connectivity index (χ0) is 10.4. The Kier molecular flexibility index (Phi) is 4.98. The summed E-state index contributed by atoms with van der Waals surface area (Å²) < 4.78 is 5.20. The predicted molar refractivity (Wildman–Crippen MR) is 63.2 cm³/mol. The summed E-state index contributed by atoms with van der Waals surface area (Å²) in [5.74, 6) is 0.960. The minimum absolute atomic E-state index is 0.849. The number of nitrogens with one attached hydrogen (secondary N) is 1. The van der Waals surface area contributed by atoms with Crippen LogP contribution < -0.4 is 10.1 Å². The summed E-state index contributed by atoms with van der Waals surface area (Å²) in [6, 6.07) is 6.31. The average molecular weight is 258 g/mol. The van der Waals surface area contributed by atoms with Gasteiger partial charge in [0.25, 0.3) is 0 Å². The van der Waals surface area contributed by atoms with Gasteiger partial charge in [-0.25, -0.2) is 0 Å². The smallest absolute Gasteiger partial charge is 0.121 e. The molecule has 1 aromatic rings. The van der Waals surface area contributed by atoms with E-state index < -0.39 is 0 Å². The molecule has 0 aliphatic heterocycles. The number of hydrogen-bond acceptors (Lipinski definition) is 2. The van der Waals surface area contributed by atoms with Crippen molar-refractivity contribution in [1.29, 1.82) is 0 Å². The van der Waals surface area contributed by atoms with Crippen LogP contribution in [0.5, 0.6) is 5.75 Å². The van der Waals surface area contributed by atoms with E-state index in [0.717, 1.165) is 24.2 Å². The third-order valence-electron chi connectivity index (χ3n) is 2.14. The number of rotatable bonds is 5. The average Bonchev–Trinajstić information content (AvgIpc) is 2.18. The lowest BCUT2D eigenvalue weighted by atomic mass is 10.1. The van der Waals surface area contributed by atoms with E-state index in [2.05, 4.69) is 40.3 Å². The lowest BCUT2D eigenvalue weighted by molar-refractivity contribution is 0.411. The standard InChI is InChI=1S/C11H16BrNO/c1-9-7-10(5-6-13-8-12)3-4-11(9)14-2/h3-4,7,13H,5-6,8H2,1-2H3. The van der Waals surface area contributed by atoms with Gasteiger partial charge >= 0.3 is 0 Å². The lowest BCUT2D eigenvalue weighted by Gasteiger charge is -2.07. The molecule has 3 heteroatoms. The van der Waals surface area contributed by atoms with Crippen LogP contribution in [0.1, 0.15) is 11.1 Å². The van der Waals surface area contributed by atoms with E-state index in [9.17, 15) is 0 Å². The van der Waals surface area contributed by atoms with Gasteiger partial charge in [0.1, 0.15) is 5.75 Å². The van der Waals surface area contributed by atoms with Crippen LogP contribution in [-0.2, 0) is 6.42 Å². The second-order valence-electron chi connectivity index (χ2n) is 3.19. The summed E-state index contributed by atoms with van der Waals surface area (Å²) >= 11 is 3.33. The van der Waals surface area contributed by atoms with E-state index in [0.29, 0.717) is 0 Å². The maximum Gasteiger partial charge on any atom is 0.121 e. The molecular weight excluding hydrogens is 242 g/mol. The van der Waals surface area contributed by atoms with Crippen molar-refractivity contribution in [3.63, 3.8) is 0 Å². The maximum atomic E-state index is 5.20. The van der Waals surface area contributed by atoms with Crippen molar-refractivity contribution < 1.29 is 4.74 Å². The minimum atomic E-state index is 0.849. The molecule has 0 aliphatic rings. The maximum absolute atomic E-state index is 5.20. The van der Waals surface area contributed by atoms with Gasteiger partial charge in [-0.2, -0.15) is 0 Å². The number of methoxy groups -OCH3 is 1. The van der Waals surface area contributed by atoms with Gasteiger partial charge in [-0.05, 0) is 37.1 Å². The van der Waals surface area contributed by atoms with Gasteiger partial charge in [-0.3, -0.25) is 0 Å². The fraction of sp³-hybridized carbons (Fsp3) is 0.455. The zero-order valence-electron chi connectivity index (χ0n) is 8.64. The normalized spacial score (nSPS) is 10.2. The number of ether oxygens (including phenoxy) is 1. The highest BCUT2D eigenvalue weighted by Gasteiger charge is 1.99. The molecule has 1 rings (SSSR count). The second-order valence-corrected chi connectivity index (χ2v) is 3.75. The minimum Gasteiger partial charge on any atom is -0.496 e.